The molecule has 0 saturated heterocycles. The maximum absolute atomic E-state index is 11.6. The van der Waals surface area contributed by atoms with Crippen molar-refractivity contribution in [2.24, 2.45) is 5.73 Å². The quantitative estimate of drug-likeness (QED) is 0.535. The van der Waals surface area contributed by atoms with Crippen LogP contribution in [0.3, 0.4) is 0 Å². The molecule has 0 aromatic heterocycles. The van der Waals surface area contributed by atoms with Gasteiger partial charge in [-0.25, -0.2) is 4.79 Å². The van der Waals surface area contributed by atoms with Crippen LogP contribution in [0.5, 0.6) is 5.75 Å². The Kier molecular flexibility index (Phi) is 7.41. The summed E-state index contributed by atoms with van der Waals surface area (Å²) in [5.74, 6) is -1.69. The van der Waals surface area contributed by atoms with Crippen LogP contribution in [0.25, 0.3) is 0 Å². The number of benzene rings is 1. The molecule has 1 aromatic carbocycles. The van der Waals surface area contributed by atoms with Crippen molar-refractivity contribution in [3.05, 3.63) is 29.8 Å². The molecule has 0 radical (unpaired) electrons. The fourth-order valence-electron chi connectivity index (χ4n) is 1.37. The van der Waals surface area contributed by atoms with Gasteiger partial charge >= 0.3 is 17.9 Å². The molecular weight excluding hydrogens is 310 g/mol. The Morgan fingerprint density at radius 3 is 2.45 bits per heavy atom. The first-order valence-corrected chi connectivity index (χ1v) is 7.63. The lowest BCUT2D eigenvalue weighted by Crippen LogP contribution is -2.32. The fourth-order valence-corrected chi connectivity index (χ4v) is 2.11. The topological polar surface area (TPSA) is 116 Å². The molecule has 1 aromatic rings. The summed E-state index contributed by atoms with van der Waals surface area (Å²) in [5, 5.41) is 8.60. The van der Waals surface area contributed by atoms with Gasteiger partial charge in [0.2, 0.25) is 0 Å². The molecule has 1 rings (SSSR count). The van der Waals surface area contributed by atoms with Crippen LogP contribution in [0.2, 0.25) is 0 Å². The number of carbonyl (C=O) groups is 3. The Morgan fingerprint density at radius 1 is 1.27 bits per heavy atom. The van der Waals surface area contributed by atoms with Crippen molar-refractivity contribution in [2.45, 2.75) is 13.0 Å². The van der Waals surface area contributed by atoms with Gasteiger partial charge in [-0.1, -0.05) is 0 Å². The molecule has 0 unspecified atom stereocenters. The van der Waals surface area contributed by atoms with E-state index in [9.17, 15) is 14.4 Å². The van der Waals surface area contributed by atoms with Gasteiger partial charge in [-0.05, 0) is 31.2 Å². The summed E-state index contributed by atoms with van der Waals surface area (Å²) in [5.41, 5.74) is 5.67. The molecule has 0 spiro atoms. The highest BCUT2D eigenvalue weighted by atomic mass is 32.2. The van der Waals surface area contributed by atoms with E-state index in [1.807, 2.05) is 0 Å². The van der Waals surface area contributed by atoms with E-state index in [0.29, 0.717) is 11.3 Å². The Hall–Kier alpha value is -2.06. The molecule has 3 N–H and O–H groups in total. The molecule has 7 nitrogen and oxygen atoms in total. The van der Waals surface area contributed by atoms with Gasteiger partial charge in [0.25, 0.3) is 0 Å². The summed E-state index contributed by atoms with van der Waals surface area (Å²) >= 11 is 1.08. The van der Waals surface area contributed by atoms with Gasteiger partial charge in [0, 0.05) is 5.75 Å². The highest BCUT2D eigenvalue weighted by Crippen LogP contribution is 2.14. The number of carbonyl (C=O) groups excluding carboxylic acids is 2. The number of ether oxygens (including phenoxy) is 2. The van der Waals surface area contributed by atoms with Crippen molar-refractivity contribution in [3.8, 4) is 5.75 Å². The maximum Gasteiger partial charge on any atom is 0.338 e. The minimum atomic E-state index is -1.12. The molecule has 8 heteroatoms. The van der Waals surface area contributed by atoms with Crippen LogP contribution in [0.4, 0.5) is 0 Å². The van der Waals surface area contributed by atoms with Gasteiger partial charge in [0.05, 0.1) is 17.9 Å². The van der Waals surface area contributed by atoms with E-state index < -0.39 is 23.9 Å². The Balaban J connectivity index is 2.41. The van der Waals surface area contributed by atoms with Crippen LogP contribution in [-0.4, -0.2) is 47.2 Å². The van der Waals surface area contributed by atoms with Crippen LogP contribution in [-0.2, 0) is 14.3 Å². The van der Waals surface area contributed by atoms with E-state index in [4.69, 9.17) is 20.3 Å². The number of carboxylic acid groups (broad SMARTS) is 1. The van der Waals surface area contributed by atoms with Gasteiger partial charge in [-0.2, -0.15) is 0 Å². The second kappa shape index (κ2) is 9.06. The molecule has 0 aliphatic rings. The van der Waals surface area contributed by atoms with E-state index >= 15 is 0 Å². The van der Waals surface area contributed by atoms with Crippen LogP contribution in [0, 0.1) is 0 Å². The minimum Gasteiger partial charge on any atom is -0.480 e. The van der Waals surface area contributed by atoms with Gasteiger partial charge in [0.1, 0.15) is 11.8 Å². The van der Waals surface area contributed by atoms with Gasteiger partial charge in [-0.3, -0.25) is 9.59 Å². The summed E-state index contributed by atoms with van der Waals surface area (Å²) in [6, 6.07) is 4.94. The zero-order valence-corrected chi connectivity index (χ0v) is 12.8. The average Bonchev–Trinajstić information content (AvgIpc) is 2.48. The van der Waals surface area contributed by atoms with E-state index in [0.717, 1.165) is 11.8 Å². The number of nitrogens with two attached hydrogens (primary N) is 1. The van der Waals surface area contributed by atoms with E-state index in [-0.39, 0.29) is 18.1 Å². The molecule has 0 bridgehead atoms. The summed E-state index contributed by atoms with van der Waals surface area (Å²) in [6.45, 7) is 1.99. The van der Waals surface area contributed by atoms with E-state index in [1.165, 1.54) is 24.3 Å². The molecule has 22 heavy (non-hydrogen) atoms. The smallest absolute Gasteiger partial charge is 0.338 e. The third-order valence-electron chi connectivity index (χ3n) is 2.43. The second-order valence-electron chi connectivity index (χ2n) is 4.18. The van der Waals surface area contributed by atoms with Gasteiger partial charge < -0.3 is 20.3 Å². The molecular formula is C14H17NO6S. The first-order valence-electron chi connectivity index (χ1n) is 6.48. The van der Waals surface area contributed by atoms with Crippen molar-refractivity contribution < 1.29 is 29.0 Å². The molecule has 0 aliphatic carbocycles. The summed E-state index contributed by atoms with van der Waals surface area (Å²) < 4.78 is 9.89. The third kappa shape index (κ3) is 6.15. The number of hydrogen-bond acceptors (Lipinski definition) is 7. The first-order chi connectivity index (χ1) is 10.4. The minimum absolute atomic E-state index is 0.0133. The Bertz CT molecular complexity index is 531. The highest BCUT2D eigenvalue weighted by molar-refractivity contribution is 8.00. The third-order valence-corrected chi connectivity index (χ3v) is 3.47. The number of carboxylic acids is 1. The molecule has 0 aliphatic heterocycles. The van der Waals surface area contributed by atoms with E-state index in [2.05, 4.69) is 0 Å². The van der Waals surface area contributed by atoms with Crippen LogP contribution < -0.4 is 10.5 Å². The molecule has 1 atom stereocenters. The first kappa shape index (κ1) is 18.0. The normalized spacial score (nSPS) is 11.5. The fraction of sp³-hybridized carbons (Fsp3) is 0.357. The zero-order chi connectivity index (χ0) is 16.5. The van der Waals surface area contributed by atoms with Crippen LogP contribution in [0.1, 0.15) is 17.3 Å². The van der Waals surface area contributed by atoms with Gasteiger partial charge in [0.15, 0.2) is 0 Å². The number of aliphatic carboxylic acids is 1. The monoisotopic (exact) mass is 327 g/mol. The van der Waals surface area contributed by atoms with Crippen molar-refractivity contribution in [3.63, 3.8) is 0 Å². The second-order valence-corrected chi connectivity index (χ2v) is 5.21. The lowest BCUT2D eigenvalue weighted by atomic mass is 10.2. The Labute approximate surface area is 131 Å². The van der Waals surface area contributed by atoms with Crippen molar-refractivity contribution in [1.29, 1.82) is 0 Å². The number of hydrogen-bond donors (Lipinski definition) is 2. The number of thioether (sulfide) groups is 1. The molecule has 0 heterocycles. The largest absolute Gasteiger partial charge is 0.480 e. The predicted molar refractivity (Wildman–Crippen MR) is 81.0 cm³/mol. The number of rotatable bonds is 8. The summed E-state index contributed by atoms with van der Waals surface area (Å²) in [6.07, 6.45) is 0. The highest BCUT2D eigenvalue weighted by Gasteiger charge is 2.13. The summed E-state index contributed by atoms with van der Waals surface area (Å²) in [4.78, 5) is 33.5. The van der Waals surface area contributed by atoms with Crippen molar-refractivity contribution in [1.82, 2.24) is 0 Å². The SMILES string of the molecule is CCOC(=O)c1ccc(OC(=O)CSC[C@H](N)C(=O)O)cc1. The molecule has 0 amide bonds. The lowest BCUT2D eigenvalue weighted by Gasteiger charge is -2.07. The maximum atomic E-state index is 11.6. The van der Waals surface area contributed by atoms with E-state index in [1.54, 1.807) is 6.92 Å². The lowest BCUT2D eigenvalue weighted by molar-refractivity contribution is -0.138. The number of esters is 2. The van der Waals surface area contributed by atoms with Crippen molar-refractivity contribution in [2.75, 3.05) is 18.1 Å². The van der Waals surface area contributed by atoms with Crippen molar-refractivity contribution >= 4 is 29.7 Å². The van der Waals surface area contributed by atoms with Crippen LogP contribution in [0.15, 0.2) is 24.3 Å². The molecule has 120 valence electrons. The summed E-state index contributed by atoms with van der Waals surface area (Å²) in [7, 11) is 0. The van der Waals surface area contributed by atoms with Crippen LogP contribution >= 0.6 is 11.8 Å². The molecule has 0 fully saturated rings. The Morgan fingerprint density at radius 2 is 1.91 bits per heavy atom. The molecule has 0 saturated carbocycles. The average molecular weight is 327 g/mol. The van der Waals surface area contributed by atoms with Gasteiger partial charge in [-0.15, -0.1) is 11.8 Å². The predicted octanol–water partition coefficient (Wildman–Crippen LogP) is 0.914. The standard InChI is InChI=1S/C14H17NO6S/c1-2-20-14(19)9-3-5-10(6-4-9)21-12(16)8-22-7-11(15)13(17)18/h3-6,11H,2,7-8,15H2,1H3,(H,17,18)/t11-/m0/s1. The zero-order valence-electron chi connectivity index (χ0n) is 12.0.